The molecule has 0 fully saturated rings. The van der Waals surface area contributed by atoms with Crippen molar-refractivity contribution in [2.24, 2.45) is 0 Å². The van der Waals surface area contributed by atoms with Crippen LogP contribution in [-0.4, -0.2) is 15.2 Å². The van der Waals surface area contributed by atoms with Gasteiger partial charge in [-0.05, 0) is 18.2 Å². The Morgan fingerprint density at radius 3 is 3.18 bits per heavy atom. The molecular formula is C10H8N4OS2. The van der Waals surface area contributed by atoms with Gasteiger partial charge in [-0.2, -0.15) is 0 Å². The number of nitrogen functional groups attached to an aromatic ring is 1. The van der Waals surface area contributed by atoms with Gasteiger partial charge in [-0.3, -0.25) is 0 Å². The van der Waals surface area contributed by atoms with Gasteiger partial charge < -0.3 is 10.2 Å². The van der Waals surface area contributed by atoms with Gasteiger partial charge in [0.1, 0.15) is 11.0 Å². The molecule has 17 heavy (non-hydrogen) atoms. The van der Waals surface area contributed by atoms with Crippen LogP contribution in [0.15, 0.2) is 32.5 Å². The van der Waals surface area contributed by atoms with Gasteiger partial charge >= 0.3 is 0 Å². The monoisotopic (exact) mass is 264 g/mol. The predicted octanol–water partition coefficient (Wildman–Crippen LogP) is 2.55. The van der Waals surface area contributed by atoms with E-state index in [0.717, 1.165) is 15.4 Å². The molecule has 0 aliphatic heterocycles. The zero-order valence-electron chi connectivity index (χ0n) is 8.66. The number of anilines is 1. The second-order valence-corrected chi connectivity index (χ2v) is 5.38. The van der Waals surface area contributed by atoms with Crippen LogP contribution in [-0.2, 0) is 5.75 Å². The normalized spacial score (nSPS) is 11.1. The van der Waals surface area contributed by atoms with E-state index in [1.807, 2.05) is 6.07 Å². The molecule has 0 aliphatic carbocycles. The topological polar surface area (TPSA) is 77.8 Å². The summed E-state index contributed by atoms with van der Waals surface area (Å²) in [5.41, 5.74) is 9.62. The van der Waals surface area contributed by atoms with Gasteiger partial charge in [0.25, 0.3) is 0 Å². The number of nitrogens with two attached hydrogens (primary N) is 1. The average Bonchev–Trinajstić information content (AvgIpc) is 2.94. The molecule has 0 saturated carbocycles. The van der Waals surface area contributed by atoms with E-state index >= 15 is 0 Å². The fraction of sp³-hybridized carbons (Fsp3) is 0.100. The van der Waals surface area contributed by atoms with Gasteiger partial charge in [0.15, 0.2) is 9.92 Å². The highest BCUT2D eigenvalue weighted by molar-refractivity contribution is 8.00. The number of nitrogens with zero attached hydrogens (tertiary/aromatic N) is 3. The zero-order chi connectivity index (χ0) is 11.7. The van der Waals surface area contributed by atoms with Crippen LogP contribution in [0, 0.1) is 0 Å². The standard InChI is InChI=1S/C10H8N4OS2/c11-6-1-2-8-7(3-6)13-9(15-8)4-16-10-14-12-5-17-10/h1-3,5H,4,11H2. The van der Waals surface area contributed by atoms with Crippen LogP contribution in [0.2, 0.25) is 0 Å². The van der Waals surface area contributed by atoms with E-state index in [4.69, 9.17) is 10.2 Å². The summed E-state index contributed by atoms with van der Waals surface area (Å²) >= 11 is 3.06. The van der Waals surface area contributed by atoms with Gasteiger partial charge in [-0.25, -0.2) is 4.98 Å². The van der Waals surface area contributed by atoms with E-state index in [1.165, 1.54) is 11.3 Å². The fourth-order valence-electron chi connectivity index (χ4n) is 1.40. The summed E-state index contributed by atoms with van der Waals surface area (Å²) in [5, 5.41) is 7.71. The van der Waals surface area contributed by atoms with Crippen molar-refractivity contribution in [3.63, 3.8) is 0 Å². The molecule has 2 N–H and O–H groups in total. The third-order valence-corrected chi connectivity index (χ3v) is 3.96. The summed E-state index contributed by atoms with van der Waals surface area (Å²) < 4.78 is 6.50. The third kappa shape index (κ3) is 2.25. The number of thioether (sulfide) groups is 1. The highest BCUT2D eigenvalue weighted by Crippen LogP contribution is 2.25. The van der Waals surface area contributed by atoms with Gasteiger partial charge in [-0.15, -0.1) is 10.2 Å². The van der Waals surface area contributed by atoms with Gasteiger partial charge in [-0.1, -0.05) is 23.1 Å². The Morgan fingerprint density at radius 1 is 1.41 bits per heavy atom. The first kappa shape index (κ1) is 10.5. The van der Waals surface area contributed by atoms with E-state index in [1.54, 1.807) is 29.4 Å². The van der Waals surface area contributed by atoms with Crippen molar-refractivity contribution in [3.8, 4) is 0 Å². The molecule has 0 bridgehead atoms. The number of fused-ring (bicyclic) bond motifs is 1. The van der Waals surface area contributed by atoms with Crippen molar-refractivity contribution in [2.75, 3.05) is 5.73 Å². The molecule has 0 amide bonds. The van der Waals surface area contributed by atoms with E-state index in [-0.39, 0.29) is 0 Å². The molecule has 2 aromatic heterocycles. The number of rotatable bonds is 3. The maximum atomic E-state index is 5.68. The molecule has 7 heteroatoms. The summed E-state index contributed by atoms with van der Waals surface area (Å²) in [6.07, 6.45) is 0. The predicted molar refractivity (Wildman–Crippen MR) is 67.9 cm³/mol. The molecule has 0 spiro atoms. The van der Waals surface area contributed by atoms with E-state index < -0.39 is 0 Å². The largest absolute Gasteiger partial charge is 0.440 e. The van der Waals surface area contributed by atoms with Crippen LogP contribution in [0.25, 0.3) is 11.1 Å². The molecule has 1 aromatic carbocycles. The number of oxazole rings is 1. The maximum Gasteiger partial charge on any atom is 0.205 e. The maximum absolute atomic E-state index is 5.68. The van der Waals surface area contributed by atoms with Crippen LogP contribution in [0.5, 0.6) is 0 Å². The molecule has 0 radical (unpaired) electrons. The van der Waals surface area contributed by atoms with Crippen LogP contribution in [0.1, 0.15) is 5.89 Å². The minimum absolute atomic E-state index is 0.643. The second-order valence-electron chi connectivity index (χ2n) is 3.33. The Morgan fingerprint density at radius 2 is 2.35 bits per heavy atom. The van der Waals surface area contributed by atoms with Crippen molar-refractivity contribution in [2.45, 2.75) is 10.1 Å². The number of aromatic nitrogens is 3. The highest BCUT2D eigenvalue weighted by Gasteiger charge is 2.07. The quantitative estimate of drug-likeness (QED) is 0.578. The SMILES string of the molecule is Nc1ccc2oc(CSc3nncs3)nc2c1. The van der Waals surface area contributed by atoms with Crippen molar-refractivity contribution >= 4 is 39.9 Å². The van der Waals surface area contributed by atoms with Crippen molar-refractivity contribution in [1.82, 2.24) is 15.2 Å². The lowest BCUT2D eigenvalue weighted by Crippen LogP contribution is -1.82. The Hall–Kier alpha value is -1.60. The van der Waals surface area contributed by atoms with E-state index in [0.29, 0.717) is 17.3 Å². The summed E-state index contributed by atoms with van der Waals surface area (Å²) in [4.78, 5) is 4.36. The lowest BCUT2D eigenvalue weighted by atomic mass is 10.3. The van der Waals surface area contributed by atoms with E-state index in [9.17, 15) is 0 Å². The minimum atomic E-state index is 0.643. The first-order valence-corrected chi connectivity index (χ1v) is 6.72. The number of benzene rings is 1. The lowest BCUT2D eigenvalue weighted by molar-refractivity contribution is 0.556. The summed E-state index contributed by atoms with van der Waals surface area (Å²) in [5.74, 6) is 1.31. The molecule has 0 unspecified atom stereocenters. The Kier molecular flexibility index (Phi) is 2.69. The lowest BCUT2D eigenvalue weighted by Gasteiger charge is -1.89. The smallest absolute Gasteiger partial charge is 0.205 e. The number of hydrogen-bond acceptors (Lipinski definition) is 7. The molecule has 0 aliphatic rings. The third-order valence-electron chi connectivity index (χ3n) is 2.12. The second kappa shape index (κ2) is 4.34. The van der Waals surface area contributed by atoms with Crippen molar-refractivity contribution in [3.05, 3.63) is 29.6 Å². The molecule has 86 valence electrons. The van der Waals surface area contributed by atoms with Gasteiger partial charge in [0.2, 0.25) is 5.89 Å². The zero-order valence-corrected chi connectivity index (χ0v) is 10.3. The van der Waals surface area contributed by atoms with Crippen LogP contribution in [0.4, 0.5) is 5.69 Å². The van der Waals surface area contributed by atoms with E-state index in [2.05, 4.69) is 15.2 Å². The highest BCUT2D eigenvalue weighted by atomic mass is 32.2. The molecule has 0 saturated heterocycles. The van der Waals surface area contributed by atoms with Crippen LogP contribution >= 0.6 is 23.1 Å². The first-order chi connectivity index (χ1) is 8.31. The first-order valence-electron chi connectivity index (χ1n) is 4.85. The summed E-state index contributed by atoms with van der Waals surface area (Å²) in [6.45, 7) is 0. The number of hydrogen-bond donors (Lipinski definition) is 1. The molecule has 0 atom stereocenters. The Labute approximate surface area is 105 Å². The van der Waals surface area contributed by atoms with Crippen LogP contribution in [0.3, 0.4) is 0 Å². The molecule has 5 nitrogen and oxygen atoms in total. The minimum Gasteiger partial charge on any atom is -0.440 e. The average molecular weight is 264 g/mol. The Bertz CT molecular complexity index is 635. The molecule has 2 heterocycles. The molecular weight excluding hydrogens is 256 g/mol. The van der Waals surface area contributed by atoms with Gasteiger partial charge in [0.05, 0.1) is 5.75 Å². The summed E-state index contributed by atoms with van der Waals surface area (Å²) in [6, 6.07) is 5.43. The van der Waals surface area contributed by atoms with Gasteiger partial charge in [0, 0.05) is 5.69 Å². The van der Waals surface area contributed by atoms with Crippen LogP contribution < -0.4 is 5.73 Å². The molecule has 3 rings (SSSR count). The Balaban J connectivity index is 1.81. The summed E-state index contributed by atoms with van der Waals surface area (Å²) in [7, 11) is 0. The van der Waals surface area contributed by atoms with Crippen molar-refractivity contribution in [1.29, 1.82) is 0 Å². The van der Waals surface area contributed by atoms with Crippen molar-refractivity contribution < 1.29 is 4.42 Å². The fourth-order valence-corrected chi connectivity index (χ4v) is 2.74. The molecule has 3 aromatic rings.